The van der Waals surface area contributed by atoms with Crippen LogP contribution in [0.5, 0.6) is 11.5 Å². The lowest BCUT2D eigenvalue weighted by Gasteiger charge is -2.32. The molecule has 2 rings (SSSR count). The van der Waals surface area contributed by atoms with Crippen LogP contribution < -0.4 is 14.9 Å². The standard InChI is InChI=1S/C21H34BNO6.C2H6.C2H4/c1-19(2,3)27-18(24)23(8)13-15-16(25-9)11-14(12-17(15)26-10)22-28-20(4,5)21(6,7)29-22;2*1-2/h11-12H,13H2,1-10H3;1-2H3;1-2H2. The van der Waals surface area contributed by atoms with Crippen LogP contribution in [0.15, 0.2) is 25.3 Å². The molecule has 188 valence electrons. The first-order valence-electron chi connectivity index (χ1n) is 11.3. The number of carbonyl (C=O) groups excluding carboxylic acids is 1. The Kier molecular flexibility index (Phi) is 11.5. The van der Waals surface area contributed by atoms with Gasteiger partial charge in [-0.2, -0.15) is 0 Å². The summed E-state index contributed by atoms with van der Waals surface area (Å²) >= 11 is 0. The van der Waals surface area contributed by atoms with Gasteiger partial charge in [0, 0.05) is 7.05 Å². The quantitative estimate of drug-likeness (QED) is 0.440. The highest BCUT2D eigenvalue weighted by Crippen LogP contribution is 2.38. The van der Waals surface area contributed by atoms with Gasteiger partial charge in [0.15, 0.2) is 0 Å². The molecule has 0 spiro atoms. The van der Waals surface area contributed by atoms with E-state index in [-0.39, 0.29) is 6.54 Å². The van der Waals surface area contributed by atoms with Crippen molar-refractivity contribution in [1.82, 2.24) is 4.90 Å². The van der Waals surface area contributed by atoms with Gasteiger partial charge in [0.2, 0.25) is 0 Å². The van der Waals surface area contributed by atoms with Crippen molar-refractivity contribution in [2.75, 3.05) is 21.3 Å². The highest BCUT2D eigenvalue weighted by molar-refractivity contribution is 6.62. The fraction of sp³-hybridized carbons (Fsp3) is 0.640. The summed E-state index contributed by atoms with van der Waals surface area (Å²) in [7, 11) is 4.30. The third-order valence-electron chi connectivity index (χ3n) is 5.26. The Hall–Kier alpha value is -2.19. The van der Waals surface area contributed by atoms with E-state index in [1.165, 1.54) is 4.90 Å². The molecule has 0 aliphatic carbocycles. The van der Waals surface area contributed by atoms with Crippen LogP contribution in [0.3, 0.4) is 0 Å². The second-order valence-corrected chi connectivity index (χ2v) is 9.33. The minimum absolute atomic E-state index is 0.269. The van der Waals surface area contributed by atoms with Gasteiger partial charge in [-0.3, -0.25) is 0 Å². The number of rotatable bonds is 5. The SMILES string of the molecule is C=C.CC.COc1cc(B2OC(C)(C)C(C)(C)O2)cc(OC)c1CN(C)C(=O)OC(C)(C)C. The van der Waals surface area contributed by atoms with E-state index in [0.29, 0.717) is 11.5 Å². The second kappa shape index (κ2) is 12.3. The maximum atomic E-state index is 12.4. The van der Waals surface area contributed by atoms with Crippen LogP contribution in [0.1, 0.15) is 67.9 Å². The summed E-state index contributed by atoms with van der Waals surface area (Å²) in [6, 6.07) is 3.73. The van der Waals surface area contributed by atoms with Crippen LogP contribution >= 0.6 is 0 Å². The predicted octanol–water partition coefficient (Wildman–Crippen LogP) is 5.20. The fourth-order valence-electron chi connectivity index (χ4n) is 2.92. The largest absolute Gasteiger partial charge is 0.496 e. The number of ether oxygens (including phenoxy) is 3. The fourth-order valence-corrected chi connectivity index (χ4v) is 2.92. The highest BCUT2D eigenvalue weighted by atomic mass is 16.7. The smallest absolute Gasteiger partial charge is 0.495 e. The molecule has 1 aliphatic rings. The molecular weight excluding hydrogens is 421 g/mol. The Morgan fingerprint density at radius 3 is 1.73 bits per heavy atom. The lowest BCUT2D eigenvalue weighted by atomic mass is 9.78. The number of amides is 1. The molecule has 33 heavy (non-hydrogen) atoms. The van der Waals surface area contributed by atoms with Crippen molar-refractivity contribution in [2.24, 2.45) is 0 Å². The number of hydrogen-bond acceptors (Lipinski definition) is 6. The van der Waals surface area contributed by atoms with E-state index in [4.69, 9.17) is 23.5 Å². The Balaban J connectivity index is 0.00000242. The molecule has 0 atom stereocenters. The third-order valence-corrected chi connectivity index (χ3v) is 5.26. The summed E-state index contributed by atoms with van der Waals surface area (Å²) < 4.78 is 28.9. The number of hydrogen-bond donors (Lipinski definition) is 0. The van der Waals surface area contributed by atoms with Gasteiger partial charge in [-0.25, -0.2) is 4.79 Å². The van der Waals surface area contributed by atoms with Crippen molar-refractivity contribution in [1.29, 1.82) is 0 Å². The Morgan fingerprint density at radius 2 is 1.39 bits per heavy atom. The molecule has 1 amide bonds. The summed E-state index contributed by atoms with van der Waals surface area (Å²) in [6.07, 6.45) is -0.420. The first-order valence-corrected chi connectivity index (χ1v) is 11.3. The Morgan fingerprint density at radius 1 is 1.00 bits per heavy atom. The van der Waals surface area contributed by atoms with Crippen molar-refractivity contribution >= 4 is 18.7 Å². The molecule has 1 saturated heterocycles. The zero-order chi connectivity index (χ0) is 26.2. The number of carbonyl (C=O) groups is 1. The van der Waals surface area contributed by atoms with Gasteiger partial charge in [0.05, 0.1) is 37.5 Å². The summed E-state index contributed by atoms with van der Waals surface area (Å²) in [5, 5.41) is 0. The van der Waals surface area contributed by atoms with E-state index >= 15 is 0 Å². The average molecular weight is 465 g/mol. The number of nitrogens with zero attached hydrogens (tertiary/aromatic N) is 1. The molecule has 8 heteroatoms. The molecule has 0 N–H and O–H groups in total. The number of benzene rings is 1. The molecule has 1 aliphatic heterocycles. The Bertz CT molecular complexity index is 732. The first kappa shape index (κ1) is 30.8. The molecule has 7 nitrogen and oxygen atoms in total. The van der Waals surface area contributed by atoms with Crippen molar-refractivity contribution in [3.05, 3.63) is 30.9 Å². The molecular formula is C25H44BNO6. The van der Waals surface area contributed by atoms with Crippen LogP contribution in [0.2, 0.25) is 0 Å². The Labute approximate surface area is 201 Å². The maximum absolute atomic E-state index is 12.4. The van der Waals surface area contributed by atoms with E-state index in [1.54, 1.807) is 21.3 Å². The maximum Gasteiger partial charge on any atom is 0.495 e. The van der Waals surface area contributed by atoms with E-state index in [0.717, 1.165) is 11.0 Å². The van der Waals surface area contributed by atoms with E-state index in [1.807, 2.05) is 74.4 Å². The average Bonchev–Trinajstić information content (AvgIpc) is 2.96. The molecule has 1 fully saturated rings. The van der Waals surface area contributed by atoms with Crippen LogP contribution in [-0.2, 0) is 20.6 Å². The summed E-state index contributed by atoms with van der Waals surface area (Å²) in [6.45, 7) is 23.8. The van der Waals surface area contributed by atoms with Crippen LogP contribution in [0.25, 0.3) is 0 Å². The number of methoxy groups -OCH3 is 2. The van der Waals surface area contributed by atoms with Gasteiger partial charge >= 0.3 is 13.2 Å². The molecule has 1 heterocycles. The van der Waals surface area contributed by atoms with Crippen molar-refractivity contribution in [3.8, 4) is 11.5 Å². The van der Waals surface area contributed by atoms with Gasteiger partial charge in [-0.15, -0.1) is 13.2 Å². The van der Waals surface area contributed by atoms with E-state index in [9.17, 15) is 4.79 Å². The highest BCUT2D eigenvalue weighted by Gasteiger charge is 2.52. The van der Waals surface area contributed by atoms with Gasteiger partial charge < -0.3 is 28.4 Å². The monoisotopic (exact) mass is 465 g/mol. The molecule has 0 radical (unpaired) electrons. The molecule has 1 aromatic carbocycles. The normalized spacial score (nSPS) is 15.9. The van der Waals surface area contributed by atoms with E-state index in [2.05, 4.69) is 13.2 Å². The van der Waals surface area contributed by atoms with Gasteiger partial charge in [0.1, 0.15) is 17.1 Å². The van der Waals surface area contributed by atoms with Gasteiger partial charge in [-0.1, -0.05) is 13.8 Å². The van der Waals surface area contributed by atoms with Crippen LogP contribution in [0.4, 0.5) is 4.79 Å². The molecule has 0 bridgehead atoms. The van der Waals surface area contributed by atoms with Crippen LogP contribution in [0, 0.1) is 0 Å². The first-order chi connectivity index (χ1) is 15.2. The third kappa shape index (κ3) is 7.96. The van der Waals surface area contributed by atoms with Crippen molar-refractivity contribution in [3.63, 3.8) is 0 Å². The van der Waals surface area contributed by atoms with Crippen LogP contribution in [-0.4, -0.2) is 56.2 Å². The molecule has 0 unspecified atom stereocenters. The molecule has 0 saturated carbocycles. The second-order valence-electron chi connectivity index (χ2n) is 9.33. The lowest BCUT2D eigenvalue weighted by Crippen LogP contribution is -2.41. The van der Waals surface area contributed by atoms with E-state index < -0.39 is 30.0 Å². The summed E-state index contributed by atoms with van der Waals surface area (Å²) in [5.41, 5.74) is 0.0615. The molecule has 0 aromatic heterocycles. The van der Waals surface area contributed by atoms with Gasteiger partial charge in [-0.05, 0) is 66.1 Å². The predicted molar refractivity (Wildman–Crippen MR) is 136 cm³/mol. The summed E-state index contributed by atoms with van der Waals surface area (Å²) in [5.74, 6) is 1.17. The van der Waals surface area contributed by atoms with Gasteiger partial charge in [0.25, 0.3) is 0 Å². The zero-order valence-corrected chi connectivity index (χ0v) is 22.8. The summed E-state index contributed by atoms with van der Waals surface area (Å²) in [4.78, 5) is 13.8. The minimum Gasteiger partial charge on any atom is -0.496 e. The zero-order valence-electron chi connectivity index (χ0n) is 22.8. The topological polar surface area (TPSA) is 66.5 Å². The lowest BCUT2D eigenvalue weighted by molar-refractivity contribution is 0.00578. The minimum atomic E-state index is -0.569. The van der Waals surface area contributed by atoms with Crippen molar-refractivity contribution < 1.29 is 28.3 Å². The molecule has 1 aromatic rings. The van der Waals surface area contributed by atoms with Crippen molar-refractivity contribution in [2.45, 2.75) is 85.7 Å².